The smallest absolute Gasteiger partial charge is 0.323 e. The summed E-state index contributed by atoms with van der Waals surface area (Å²) < 4.78 is 0. The van der Waals surface area contributed by atoms with Crippen molar-refractivity contribution in [1.82, 2.24) is 9.88 Å². The number of nitrogens with zero attached hydrogens (tertiary/aromatic N) is 2. The highest BCUT2D eigenvalue weighted by Gasteiger charge is 2.21. The highest BCUT2D eigenvalue weighted by molar-refractivity contribution is 7.20. The molecule has 0 fully saturated rings. The lowest BCUT2D eigenvalue weighted by atomic mass is 10.1. The number of pyridine rings is 1. The van der Waals surface area contributed by atoms with Gasteiger partial charge in [0.25, 0.3) is 5.91 Å². The molecule has 1 N–H and O–H groups in total. The van der Waals surface area contributed by atoms with Crippen molar-refractivity contribution in [3.8, 4) is 0 Å². The largest absolute Gasteiger partial charge is 0.480 e. The summed E-state index contributed by atoms with van der Waals surface area (Å²) in [6.07, 6.45) is 1.71. The zero-order valence-electron chi connectivity index (χ0n) is 10.9. The molecule has 5 nitrogen and oxygen atoms in total. The van der Waals surface area contributed by atoms with Crippen molar-refractivity contribution in [2.24, 2.45) is 0 Å². The fourth-order valence-electron chi connectivity index (χ4n) is 2.01. The zero-order valence-corrected chi connectivity index (χ0v) is 11.7. The molecule has 2 aromatic heterocycles. The van der Waals surface area contributed by atoms with Gasteiger partial charge in [-0.25, -0.2) is 4.98 Å². The number of carboxylic acid groups (broad SMARTS) is 1. The first kappa shape index (κ1) is 13.5. The molecule has 0 aliphatic heterocycles. The molecule has 100 valence electrons. The summed E-state index contributed by atoms with van der Waals surface area (Å²) in [5.41, 5.74) is 1.94. The summed E-state index contributed by atoms with van der Waals surface area (Å²) in [5.74, 6) is -1.30. The predicted molar refractivity (Wildman–Crippen MR) is 73.7 cm³/mol. The lowest BCUT2D eigenvalue weighted by Crippen LogP contribution is -2.31. The second kappa shape index (κ2) is 4.97. The second-order valence-electron chi connectivity index (χ2n) is 4.42. The van der Waals surface area contributed by atoms with Crippen LogP contribution in [0.3, 0.4) is 0 Å². The predicted octanol–water partition coefficient (Wildman–Crippen LogP) is 2.07. The number of aliphatic carboxylic acids is 1. The van der Waals surface area contributed by atoms with E-state index in [-0.39, 0.29) is 12.5 Å². The third-order valence-corrected chi connectivity index (χ3v) is 4.14. The molecule has 2 heterocycles. The molecule has 0 saturated heterocycles. The number of aromatic nitrogens is 1. The number of hydrogen-bond donors (Lipinski definition) is 1. The number of carboxylic acids is 1. The van der Waals surface area contributed by atoms with Gasteiger partial charge in [-0.15, -0.1) is 11.3 Å². The molecule has 0 saturated carbocycles. The summed E-state index contributed by atoms with van der Waals surface area (Å²) in [5, 5.41) is 9.72. The van der Waals surface area contributed by atoms with E-state index in [1.807, 2.05) is 19.9 Å². The van der Waals surface area contributed by atoms with E-state index in [9.17, 15) is 9.59 Å². The Kier molecular flexibility index (Phi) is 3.53. The van der Waals surface area contributed by atoms with E-state index in [4.69, 9.17) is 5.11 Å². The Morgan fingerprint density at radius 3 is 2.68 bits per heavy atom. The van der Waals surface area contributed by atoms with Crippen LogP contribution in [0.15, 0.2) is 12.3 Å². The third kappa shape index (κ3) is 2.44. The fraction of sp³-hybridized carbons (Fsp3) is 0.308. The van der Waals surface area contributed by atoms with Gasteiger partial charge in [-0.05, 0) is 31.0 Å². The van der Waals surface area contributed by atoms with Crippen molar-refractivity contribution in [2.75, 3.05) is 13.6 Å². The van der Waals surface area contributed by atoms with Crippen molar-refractivity contribution in [1.29, 1.82) is 0 Å². The van der Waals surface area contributed by atoms with Crippen LogP contribution in [-0.2, 0) is 4.79 Å². The van der Waals surface area contributed by atoms with Crippen molar-refractivity contribution < 1.29 is 14.7 Å². The van der Waals surface area contributed by atoms with Gasteiger partial charge in [0, 0.05) is 18.6 Å². The van der Waals surface area contributed by atoms with Crippen LogP contribution in [0.4, 0.5) is 0 Å². The summed E-state index contributed by atoms with van der Waals surface area (Å²) in [4.78, 5) is 29.7. The molecule has 0 unspecified atom stereocenters. The lowest BCUT2D eigenvalue weighted by molar-refractivity contribution is -0.137. The van der Waals surface area contributed by atoms with Gasteiger partial charge in [-0.2, -0.15) is 0 Å². The number of amides is 1. The molecular weight excluding hydrogens is 264 g/mol. The van der Waals surface area contributed by atoms with E-state index < -0.39 is 5.97 Å². The Morgan fingerprint density at radius 1 is 1.42 bits per heavy atom. The van der Waals surface area contributed by atoms with Crippen molar-refractivity contribution >= 4 is 33.4 Å². The third-order valence-electron chi connectivity index (χ3n) is 2.95. The van der Waals surface area contributed by atoms with Crippen LogP contribution in [0.1, 0.15) is 20.8 Å². The summed E-state index contributed by atoms with van der Waals surface area (Å²) in [6, 6.07) is 1.90. The van der Waals surface area contributed by atoms with Gasteiger partial charge < -0.3 is 10.0 Å². The lowest BCUT2D eigenvalue weighted by Gasteiger charge is -2.13. The number of aryl methyl sites for hydroxylation is 2. The normalized spacial score (nSPS) is 10.7. The van der Waals surface area contributed by atoms with Gasteiger partial charge in [-0.1, -0.05) is 0 Å². The number of carbonyl (C=O) groups is 2. The van der Waals surface area contributed by atoms with Gasteiger partial charge in [0.05, 0.1) is 4.88 Å². The number of rotatable bonds is 3. The zero-order chi connectivity index (χ0) is 14.2. The quantitative estimate of drug-likeness (QED) is 0.933. The monoisotopic (exact) mass is 278 g/mol. The Hall–Kier alpha value is -1.95. The molecule has 0 aliphatic rings. The molecule has 0 aromatic carbocycles. The van der Waals surface area contributed by atoms with E-state index in [0.29, 0.717) is 4.88 Å². The summed E-state index contributed by atoms with van der Waals surface area (Å²) in [7, 11) is 1.49. The standard InChI is InChI=1S/C13H14N2O3S/c1-7-4-5-14-12-10(7)8(2)11(19-12)13(18)15(3)6-9(16)17/h4-5H,6H2,1-3H3,(H,16,17). The van der Waals surface area contributed by atoms with Crippen LogP contribution in [0.25, 0.3) is 10.2 Å². The average Bonchev–Trinajstić information content (AvgIpc) is 2.66. The number of thiophene rings is 1. The average molecular weight is 278 g/mol. The SMILES string of the molecule is Cc1ccnc2sc(C(=O)N(C)CC(=O)O)c(C)c12. The number of carbonyl (C=O) groups excluding carboxylic acids is 1. The van der Waals surface area contributed by atoms with Crippen molar-refractivity contribution in [3.05, 3.63) is 28.3 Å². The molecule has 2 aromatic rings. The molecule has 1 amide bonds. The van der Waals surface area contributed by atoms with E-state index in [1.165, 1.54) is 23.3 Å². The number of likely N-dealkylation sites (N-methyl/N-ethyl adjacent to an activating group) is 1. The van der Waals surface area contributed by atoms with E-state index in [0.717, 1.165) is 21.3 Å². The first-order valence-corrected chi connectivity index (χ1v) is 6.55. The number of fused-ring (bicyclic) bond motifs is 1. The van der Waals surface area contributed by atoms with E-state index >= 15 is 0 Å². The van der Waals surface area contributed by atoms with Crippen molar-refractivity contribution in [3.63, 3.8) is 0 Å². The molecule has 0 atom stereocenters. The van der Waals surface area contributed by atoms with Gasteiger partial charge >= 0.3 is 5.97 Å². The molecule has 2 rings (SSSR count). The minimum Gasteiger partial charge on any atom is -0.480 e. The van der Waals surface area contributed by atoms with Gasteiger partial charge in [0.1, 0.15) is 11.4 Å². The maximum absolute atomic E-state index is 12.2. The van der Waals surface area contributed by atoms with Crippen molar-refractivity contribution in [2.45, 2.75) is 13.8 Å². The van der Waals surface area contributed by atoms with E-state index in [1.54, 1.807) is 6.20 Å². The van der Waals surface area contributed by atoms with Crippen LogP contribution >= 0.6 is 11.3 Å². The van der Waals surface area contributed by atoms with Gasteiger partial charge in [-0.3, -0.25) is 9.59 Å². The Morgan fingerprint density at radius 2 is 2.11 bits per heavy atom. The van der Waals surface area contributed by atoms with Crippen LogP contribution in [-0.4, -0.2) is 40.5 Å². The minimum atomic E-state index is -1.02. The Labute approximate surface area is 114 Å². The highest BCUT2D eigenvalue weighted by Crippen LogP contribution is 2.31. The van der Waals surface area contributed by atoms with Crippen LogP contribution in [0, 0.1) is 13.8 Å². The van der Waals surface area contributed by atoms with Crippen LogP contribution < -0.4 is 0 Å². The Balaban J connectivity index is 2.46. The topological polar surface area (TPSA) is 70.5 Å². The molecule has 19 heavy (non-hydrogen) atoms. The minimum absolute atomic E-state index is 0.276. The summed E-state index contributed by atoms with van der Waals surface area (Å²) in [6.45, 7) is 3.53. The molecule has 0 bridgehead atoms. The first-order valence-electron chi connectivity index (χ1n) is 5.73. The second-order valence-corrected chi connectivity index (χ2v) is 5.42. The fourth-order valence-corrected chi connectivity index (χ4v) is 3.23. The van der Waals surface area contributed by atoms with Gasteiger partial charge in [0.15, 0.2) is 0 Å². The molecule has 0 spiro atoms. The highest BCUT2D eigenvalue weighted by atomic mass is 32.1. The Bertz CT molecular complexity index is 663. The maximum Gasteiger partial charge on any atom is 0.323 e. The van der Waals surface area contributed by atoms with Crippen LogP contribution in [0.2, 0.25) is 0 Å². The van der Waals surface area contributed by atoms with Gasteiger partial charge in [0.2, 0.25) is 0 Å². The first-order chi connectivity index (χ1) is 8.91. The molecule has 6 heteroatoms. The van der Waals surface area contributed by atoms with Crippen LogP contribution in [0.5, 0.6) is 0 Å². The maximum atomic E-state index is 12.2. The summed E-state index contributed by atoms with van der Waals surface area (Å²) >= 11 is 1.31. The van der Waals surface area contributed by atoms with E-state index in [2.05, 4.69) is 4.98 Å². The molecule has 0 aliphatic carbocycles. The molecular formula is C13H14N2O3S. The molecule has 0 radical (unpaired) electrons. The number of hydrogen-bond acceptors (Lipinski definition) is 4.